The molecule has 1 aliphatic heterocycles. The lowest BCUT2D eigenvalue weighted by molar-refractivity contribution is 0.00969. The van der Waals surface area contributed by atoms with E-state index < -0.39 is 0 Å². The number of nitrogens with one attached hydrogen (secondary N) is 1. The number of amides is 1. The van der Waals surface area contributed by atoms with Crippen molar-refractivity contribution in [2.75, 3.05) is 40.5 Å². The van der Waals surface area contributed by atoms with Crippen molar-refractivity contribution in [2.24, 2.45) is 0 Å². The molecule has 1 aliphatic rings. The summed E-state index contributed by atoms with van der Waals surface area (Å²) in [6.07, 6.45) is 0. The number of hydrogen-bond donors (Lipinski definition) is 1. The molecule has 1 aromatic carbocycles. The second-order valence-corrected chi connectivity index (χ2v) is 7.42. The molecule has 0 saturated carbocycles. The molecule has 1 saturated heterocycles. The molecule has 146 valence electrons. The predicted molar refractivity (Wildman–Crippen MR) is 106 cm³/mol. The molecule has 1 amide bonds. The van der Waals surface area contributed by atoms with Crippen LogP contribution in [0, 0.1) is 0 Å². The SMILES string of the molecule is COc1ccc(C(=O)N[C@H](C)[C@@H](c2cccs2)N2CCOCC2)cc1OC. The van der Waals surface area contributed by atoms with Gasteiger partial charge in [0, 0.05) is 29.6 Å². The Bertz CT molecular complexity index is 744. The van der Waals surface area contributed by atoms with Crippen LogP contribution in [0.2, 0.25) is 0 Å². The predicted octanol–water partition coefficient (Wildman–Crippen LogP) is 2.96. The Labute approximate surface area is 164 Å². The van der Waals surface area contributed by atoms with E-state index in [1.165, 1.54) is 4.88 Å². The van der Waals surface area contributed by atoms with Crippen molar-refractivity contribution in [1.82, 2.24) is 10.2 Å². The van der Waals surface area contributed by atoms with Crippen molar-refractivity contribution in [2.45, 2.75) is 19.0 Å². The van der Waals surface area contributed by atoms with Crippen LogP contribution in [-0.4, -0.2) is 57.4 Å². The molecule has 27 heavy (non-hydrogen) atoms. The van der Waals surface area contributed by atoms with Gasteiger partial charge < -0.3 is 19.5 Å². The van der Waals surface area contributed by atoms with Gasteiger partial charge in [-0.3, -0.25) is 9.69 Å². The van der Waals surface area contributed by atoms with Crippen molar-refractivity contribution in [1.29, 1.82) is 0 Å². The first-order chi connectivity index (χ1) is 13.1. The van der Waals surface area contributed by atoms with E-state index in [9.17, 15) is 4.79 Å². The van der Waals surface area contributed by atoms with Gasteiger partial charge in [-0.05, 0) is 36.6 Å². The fourth-order valence-electron chi connectivity index (χ4n) is 3.40. The molecule has 0 bridgehead atoms. The molecule has 2 atom stereocenters. The summed E-state index contributed by atoms with van der Waals surface area (Å²) in [7, 11) is 3.14. The number of rotatable bonds is 7. The molecule has 1 fully saturated rings. The number of benzene rings is 1. The molecule has 7 heteroatoms. The van der Waals surface area contributed by atoms with E-state index in [1.54, 1.807) is 43.8 Å². The number of nitrogens with zero attached hydrogens (tertiary/aromatic N) is 1. The Morgan fingerprint density at radius 1 is 1.19 bits per heavy atom. The Balaban J connectivity index is 1.76. The molecule has 2 heterocycles. The molecule has 6 nitrogen and oxygen atoms in total. The van der Waals surface area contributed by atoms with Crippen LogP contribution < -0.4 is 14.8 Å². The highest BCUT2D eigenvalue weighted by Gasteiger charge is 2.29. The molecule has 0 spiro atoms. The van der Waals surface area contributed by atoms with Crippen LogP contribution in [0.4, 0.5) is 0 Å². The highest BCUT2D eigenvalue weighted by atomic mass is 32.1. The van der Waals surface area contributed by atoms with E-state index in [-0.39, 0.29) is 18.0 Å². The van der Waals surface area contributed by atoms with E-state index in [1.807, 2.05) is 0 Å². The van der Waals surface area contributed by atoms with Crippen LogP contribution in [0.25, 0.3) is 0 Å². The van der Waals surface area contributed by atoms with Gasteiger partial charge in [-0.1, -0.05) is 6.07 Å². The first-order valence-electron chi connectivity index (χ1n) is 9.02. The molecule has 1 N–H and O–H groups in total. The van der Waals surface area contributed by atoms with Crippen molar-refractivity contribution >= 4 is 17.2 Å². The highest BCUT2D eigenvalue weighted by molar-refractivity contribution is 7.10. The lowest BCUT2D eigenvalue weighted by Gasteiger charge is -2.37. The lowest BCUT2D eigenvalue weighted by Crippen LogP contribution is -2.48. The number of carbonyl (C=O) groups is 1. The van der Waals surface area contributed by atoms with Crippen LogP contribution in [-0.2, 0) is 4.74 Å². The van der Waals surface area contributed by atoms with Crippen LogP contribution in [0.1, 0.15) is 28.2 Å². The third kappa shape index (κ3) is 4.61. The summed E-state index contributed by atoms with van der Waals surface area (Å²) in [4.78, 5) is 16.5. The standard InChI is InChI=1S/C20H26N2O4S/c1-14(19(18-5-4-12-27-18)22-8-10-26-11-9-22)21-20(23)15-6-7-16(24-2)17(13-15)25-3/h4-7,12-14,19H,8-11H2,1-3H3,(H,21,23)/t14-,19+/m1/s1. The number of thiophene rings is 1. The van der Waals surface area contributed by atoms with Crippen LogP contribution in [0.15, 0.2) is 35.7 Å². The quantitative estimate of drug-likeness (QED) is 0.788. The number of hydrogen-bond acceptors (Lipinski definition) is 6. The summed E-state index contributed by atoms with van der Waals surface area (Å²) in [5.41, 5.74) is 0.548. The lowest BCUT2D eigenvalue weighted by atomic mass is 10.0. The van der Waals surface area contributed by atoms with Crippen molar-refractivity contribution in [3.05, 3.63) is 46.2 Å². The summed E-state index contributed by atoms with van der Waals surface area (Å²) in [5, 5.41) is 5.23. The van der Waals surface area contributed by atoms with E-state index in [4.69, 9.17) is 14.2 Å². The Kier molecular flexibility index (Phi) is 6.71. The van der Waals surface area contributed by atoms with E-state index in [0.29, 0.717) is 17.1 Å². The van der Waals surface area contributed by atoms with Gasteiger partial charge in [-0.2, -0.15) is 0 Å². The number of ether oxygens (including phenoxy) is 3. The van der Waals surface area contributed by atoms with Crippen LogP contribution in [0.3, 0.4) is 0 Å². The zero-order valence-corrected chi connectivity index (χ0v) is 16.8. The maximum Gasteiger partial charge on any atom is 0.251 e. The van der Waals surface area contributed by atoms with Crippen molar-refractivity contribution in [3.8, 4) is 11.5 Å². The van der Waals surface area contributed by atoms with E-state index in [0.717, 1.165) is 26.3 Å². The molecule has 0 radical (unpaired) electrons. The monoisotopic (exact) mass is 390 g/mol. The molecular formula is C20H26N2O4S. The van der Waals surface area contributed by atoms with Crippen molar-refractivity contribution in [3.63, 3.8) is 0 Å². The maximum absolute atomic E-state index is 12.8. The number of morpholine rings is 1. The van der Waals surface area contributed by atoms with Gasteiger partial charge in [0.1, 0.15) is 0 Å². The molecule has 3 rings (SSSR count). The molecule has 2 aromatic rings. The van der Waals surface area contributed by atoms with Gasteiger partial charge in [0.15, 0.2) is 11.5 Å². The summed E-state index contributed by atoms with van der Waals surface area (Å²) < 4.78 is 16.0. The Morgan fingerprint density at radius 3 is 2.56 bits per heavy atom. The zero-order chi connectivity index (χ0) is 19.2. The minimum absolute atomic E-state index is 0.0534. The van der Waals surface area contributed by atoms with E-state index >= 15 is 0 Å². The largest absolute Gasteiger partial charge is 0.493 e. The first kappa shape index (κ1) is 19.7. The summed E-state index contributed by atoms with van der Waals surface area (Å²) in [6.45, 7) is 5.22. The summed E-state index contributed by atoms with van der Waals surface area (Å²) >= 11 is 1.72. The van der Waals surface area contributed by atoms with Crippen LogP contribution in [0.5, 0.6) is 11.5 Å². The normalized spacial score (nSPS) is 17.1. The average Bonchev–Trinajstić information content (AvgIpc) is 3.22. The topological polar surface area (TPSA) is 60.0 Å². The van der Waals surface area contributed by atoms with Gasteiger partial charge in [0.2, 0.25) is 0 Å². The smallest absolute Gasteiger partial charge is 0.251 e. The fraction of sp³-hybridized carbons (Fsp3) is 0.450. The minimum atomic E-state index is -0.127. The summed E-state index contributed by atoms with van der Waals surface area (Å²) in [5.74, 6) is 1.02. The van der Waals surface area contributed by atoms with Crippen molar-refractivity contribution < 1.29 is 19.0 Å². The molecule has 1 aromatic heterocycles. The molecule has 0 aliphatic carbocycles. The van der Waals surface area contributed by atoms with Gasteiger partial charge in [0.05, 0.1) is 33.5 Å². The second-order valence-electron chi connectivity index (χ2n) is 6.44. The number of methoxy groups -OCH3 is 2. The van der Waals surface area contributed by atoms with Gasteiger partial charge in [-0.25, -0.2) is 0 Å². The number of carbonyl (C=O) groups excluding carboxylic acids is 1. The second kappa shape index (κ2) is 9.21. The first-order valence-corrected chi connectivity index (χ1v) is 9.90. The van der Waals surface area contributed by atoms with Gasteiger partial charge in [-0.15, -0.1) is 11.3 Å². The molecule has 0 unspecified atom stereocenters. The third-order valence-electron chi connectivity index (χ3n) is 4.75. The highest BCUT2D eigenvalue weighted by Crippen LogP contribution is 2.30. The van der Waals surface area contributed by atoms with E-state index in [2.05, 4.69) is 34.7 Å². The van der Waals surface area contributed by atoms with Crippen LogP contribution >= 0.6 is 11.3 Å². The Morgan fingerprint density at radius 2 is 1.93 bits per heavy atom. The minimum Gasteiger partial charge on any atom is -0.493 e. The van der Waals surface area contributed by atoms with Gasteiger partial charge in [0.25, 0.3) is 5.91 Å². The average molecular weight is 391 g/mol. The fourth-order valence-corrected chi connectivity index (χ4v) is 4.37. The zero-order valence-electron chi connectivity index (χ0n) is 15.9. The van der Waals surface area contributed by atoms with Gasteiger partial charge >= 0.3 is 0 Å². The third-order valence-corrected chi connectivity index (χ3v) is 5.69. The molecular weight excluding hydrogens is 364 g/mol. The maximum atomic E-state index is 12.8. The Hall–Kier alpha value is -2.09. The summed E-state index contributed by atoms with van der Waals surface area (Å²) in [6, 6.07) is 9.45.